The molecule has 0 saturated carbocycles. The summed E-state index contributed by atoms with van der Waals surface area (Å²) in [7, 11) is 0. The highest BCUT2D eigenvalue weighted by Crippen LogP contribution is 2.08. The molecule has 1 saturated heterocycles. The molecule has 1 heterocycles. The van der Waals surface area contributed by atoms with Crippen LogP contribution in [0.3, 0.4) is 0 Å². The second-order valence-corrected chi connectivity index (χ2v) is 13.9. The highest BCUT2D eigenvalue weighted by molar-refractivity contribution is 5.98. The monoisotopic (exact) mass is 872 g/mol. The van der Waals surface area contributed by atoms with Gasteiger partial charge in [-0.05, 0) is 52.5 Å². The molecule has 0 unspecified atom stereocenters. The van der Waals surface area contributed by atoms with Gasteiger partial charge in [-0.15, -0.1) is 0 Å². The van der Waals surface area contributed by atoms with Gasteiger partial charge in [0.25, 0.3) is 0 Å². The van der Waals surface area contributed by atoms with Gasteiger partial charge in [-0.3, -0.25) is 52.7 Å². The Morgan fingerprint density at radius 3 is 1.69 bits per heavy atom. The van der Waals surface area contributed by atoms with Crippen molar-refractivity contribution in [3.05, 3.63) is 0 Å². The van der Waals surface area contributed by atoms with Crippen LogP contribution in [0.15, 0.2) is 0 Å². The number of hydrogen-bond acceptors (Lipinski definition) is 15. The van der Waals surface area contributed by atoms with Crippen LogP contribution in [0, 0.1) is 0 Å². The van der Waals surface area contributed by atoms with E-state index in [1.807, 2.05) is 10.6 Å². The van der Waals surface area contributed by atoms with E-state index in [9.17, 15) is 67.7 Å². The first-order valence-corrected chi connectivity index (χ1v) is 19.0. The highest BCUT2D eigenvalue weighted by Gasteiger charge is 2.33. The summed E-state index contributed by atoms with van der Waals surface area (Å²) in [5, 5.41) is 49.0. The van der Waals surface area contributed by atoms with Gasteiger partial charge < -0.3 is 80.4 Å². The summed E-state index contributed by atoms with van der Waals surface area (Å²) >= 11 is 0. The Hall–Kier alpha value is -6.48. The molecule has 27 heteroatoms. The van der Waals surface area contributed by atoms with Crippen LogP contribution in [-0.4, -0.2) is 161 Å². The van der Waals surface area contributed by atoms with Gasteiger partial charge in [-0.2, -0.15) is 0 Å². The van der Waals surface area contributed by atoms with Gasteiger partial charge in [0.15, 0.2) is 0 Å². The summed E-state index contributed by atoms with van der Waals surface area (Å²) in [4.78, 5) is 148. The van der Waals surface area contributed by atoms with Crippen molar-refractivity contribution >= 4 is 70.9 Å². The molecular formula is C34H56N12O15. The Labute approximate surface area is 348 Å². The quantitative estimate of drug-likeness (QED) is 0.0325. The molecule has 1 rings (SSSR count). The fraction of sp³-hybridized carbons (Fsp3) is 0.647. The minimum absolute atomic E-state index is 0.0160. The summed E-state index contributed by atoms with van der Waals surface area (Å²) in [6.07, 6.45) is -0.503. The molecular weight excluding hydrogens is 816 g/mol. The lowest BCUT2D eigenvalue weighted by Gasteiger charge is -2.26. The van der Waals surface area contributed by atoms with E-state index >= 15 is 0 Å². The van der Waals surface area contributed by atoms with E-state index in [4.69, 9.17) is 22.3 Å². The fourth-order valence-electron chi connectivity index (χ4n) is 5.36. The van der Waals surface area contributed by atoms with Crippen molar-refractivity contribution < 1.29 is 72.9 Å². The molecule has 1 aliphatic rings. The van der Waals surface area contributed by atoms with Crippen LogP contribution in [0.25, 0.3) is 0 Å². The van der Waals surface area contributed by atoms with Gasteiger partial charge >= 0.3 is 5.97 Å². The number of primary amides is 2. The molecule has 0 aromatic rings. The zero-order valence-electron chi connectivity index (χ0n) is 33.6. The number of carboxylic acid groups (broad SMARTS) is 1. The Morgan fingerprint density at radius 1 is 0.656 bits per heavy atom. The normalized spacial score (nSPS) is 16.6. The Bertz CT molecular complexity index is 1650. The number of aliphatic carboxylic acids is 1. The van der Waals surface area contributed by atoms with Crippen LogP contribution in [0.2, 0.25) is 0 Å². The van der Waals surface area contributed by atoms with Crippen molar-refractivity contribution in [3.8, 4) is 0 Å². The summed E-state index contributed by atoms with van der Waals surface area (Å²) in [6, 6.07) is -11.5. The Kier molecular flexibility index (Phi) is 22.9. The summed E-state index contributed by atoms with van der Waals surface area (Å²) in [5.74, 6) is -11.6. The number of aliphatic hydroxyl groups excluding tert-OH is 2. The van der Waals surface area contributed by atoms with Crippen LogP contribution in [0.1, 0.15) is 65.2 Å². The number of amides is 11. The molecule has 18 N–H and O–H groups in total. The van der Waals surface area contributed by atoms with E-state index in [1.54, 1.807) is 0 Å². The molecule has 1 fully saturated rings. The minimum atomic E-state index is -1.76. The molecule has 0 aliphatic carbocycles. The number of aliphatic hydroxyl groups is 2. The highest BCUT2D eigenvalue weighted by atomic mass is 16.4. The summed E-state index contributed by atoms with van der Waals surface area (Å²) < 4.78 is 0. The Balaban J connectivity index is 2.93. The van der Waals surface area contributed by atoms with Gasteiger partial charge in [0.2, 0.25) is 65.0 Å². The van der Waals surface area contributed by atoms with Crippen LogP contribution in [0.4, 0.5) is 0 Å². The smallest absolute Gasteiger partial charge is 0.326 e. The second kappa shape index (κ2) is 26.6. The molecule has 8 atom stereocenters. The zero-order valence-corrected chi connectivity index (χ0v) is 33.6. The summed E-state index contributed by atoms with van der Waals surface area (Å²) in [6.45, 7) is -0.0985. The molecule has 27 nitrogen and oxygen atoms in total. The Morgan fingerprint density at radius 2 is 1.16 bits per heavy atom. The largest absolute Gasteiger partial charge is 0.480 e. The molecule has 342 valence electrons. The predicted octanol–water partition coefficient (Wildman–Crippen LogP) is -8.85. The van der Waals surface area contributed by atoms with Crippen LogP contribution in [0.5, 0.6) is 0 Å². The zero-order chi connectivity index (χ0) is 46.4. The standard InChI is InChI=1S/C34H56N12O15/c1-15(27(53)38-12-26(52)42-21(13-47)32(58)45-20(34(60)61)11-24(37)50)39-30(56)19(6-8-23(36)49)44-33(59)22(14-48)46-31(57)17(5-3-4-10-35)43-28(54)16(2)40-29(55)18-7-9-25(51)41-18/h15-22,47-48H,3-14,35H2,1-2H3,(H2,36,49)(H2,37,50)(H,38,53)(H,39,56)(H,40,55)(H,41,51)(H,42,52)(H,43,54)(H,44,59)(H,45,58)(H,46,57)(H,60,61)/t15-,16+,17+,18+,19+,20+,21+,22+/m1/s1. The van der Waals surface area contributed by atoms with E-state index in [1.165, 1.54) is 13.8 Å². The maximum atomic E-state index is 13.3. The first-order valence-electron chi connectivity index (χ1n) is 19.0. The van der Waals surface area contributed by atoms with Crippen molar-refractivity contribution in [1.82, 2.24) is 47.9 Å². The molecule has 0 bridgehead atoms. The van der Waals surface area contributed by atoms with E-state index in [0.717, 1.165) is 0 Å². The molecule has 1 aliphatic heterocycles. The van der Waals surface area contributed by atoms with Gasteiger partial charge in [0, 0.05) is 12.8 Å². The number of unbranched alkanes of at least 4 members (excludes halogenated alkanes) is 1. The molecule has 0 radical (unpaired) electrons. The number of carbonyl (C=O) groups excluding carboxylic acids is 11. The third-order valence-electron chi connectivity index (χ3n) is 8.80. The molecule has 0 aromatic heterocycles. The number of rotatable bonds is 28. The SMILES string of the molecule is C[C@H](NC(=O)[C@@H]1CCC(=O)N1)C(=O)N[C@@H](CCCCN)C(=O)N[C@@H](CO)C(=O)N[C@@H](CCC(N)=O)C(=O)N[C@H](C)C(=O)NCC(=O)N[C@@H](CO)C(=O)N[C@@H](CC(N)=O)C(=O)O. The van der Waals surface area contributed by atoms with Crippen molar-refractivity contribution in [1.29, 1.82) is 0 Å². The van der Waals surface area contributed by atoms with E-state index in [0.29, 0.717) is 12.8 Å². The lowest BCUT2D eigenvalue weighted by molar-refractivity contribution is -0.144. The van der Waals surface area contributed by atoms with Crippen LogP contribution in [-0.2, 0) is 57.5 Å². The predicted molar refractivity (Wildman–Crippen MR) is 206 cm³/mol. The van der Waals surface area contributed by atoms with E-state index in [-0.39, 0.29) is 31.7 Å². The topological polar surface area (TPSA) is 452 Å². The molecule has 11 amide bonds. The van der Waals surface area contributed by atoms with Crippen molar-refractivity contribution in [3.63, 3.8) is 0 Å². The van der Waals surface area contributed by atoms with Gasteiger partial charge in [-0.1, -0.05) is 0 Å². The second-order valence-electron chi connectivity index (χ2n) is 13.9. The van der Waals surface area contributed by atoms with Crippen molar-refractivity contribution in [2.24, 2.45) is 17.2 Å². The number of hydrogen-bond donors (Lipinski definition) is 15. The maximum Gasteiger partial charge on any atom is 0.326 e. The first kappa shape index (κ1) is 52.5. The van der Waals surface area contributed by atoms with Crippen LogP contribution >= 0.6 is 0 Å². The molecule has 61 heavy (non-hydrogen) atoms. The number of nitrogens with two attached hydrogens (primary N) is 3. The third kappa shape index (κ3) is 19.4. The lowest BCUT2D eigenvalue weighted by Crippen LogP contribution is -2.60. The van der Waals surface area contributed by atoms with Gasteiger partial charge in [0.1, 0.15) is 48.3 Å². The molecule has 0 spiro atoms. The van der Waals surface area contributed by atoms with Crippen molar-refractivity contribution in [2.45, 2.75) is 114 Å². The van der Waals surface area contributed by atoms with E-state index < -0.39 is 152 Å². The fourth-order valence-corrected chi connectivity index (χ4v) is 5.36. The maximum absolute atomic E-state index is 13.3. The number of carboxylic acids is 1. The van der Waals surface area contributed by atoms with E-state index in [2.05, 4.69) is 37.2 Å². The number of carbonyl (C=O) groups is 12. The van der Waals surface area contributed by atoms with Gasteiger partial charge in [0.05, 0.1) is 26.2 Å². The average molecular weight is 873 g/mol. The lowest BCUT2D eigenvalue weighted by atomic mass is 10.1. The molecule has 0 aromatic carbocycles. The number of nitrogens with one attached hydrogen (secondary N) is 9. The minimum Gasteiger partial charge on any atom is -0.480 e. The summed E-state index contributed by atoms with van der Waals surface area (Å²) in [5.41, 5.74) is 15.7. The average Bonchev–Trinajstić information content (AvgIpc) is 3.64. The van der Waals surface area contributed by atoms with Crippen molar-refractivity contribution in [2.75, 3.05) is 26.3 Å². The van der Waals surface area contributed by atoms with Gasteiger partial charge in [-0.25, -0.2) is 4.79 Å². The third-order valence-corrected chi connectivity index (χ3v) is 8.80. The van der Waals surface area contributed by atoms with Crippen LogP contribution < -0.4 is 65.1 Å². The first-order chi connectivity index (χ1) is 28.6.